The van der Waals surface area contributed by atoms with Gasteiger partial charge in [0.05, 0.1) is 12.7 Å². The maximum atomic E-state index is 5.70. The lowest BCUT2D eigenvalue weighted by Crippen LogP contribution is -2.48. The second-order valence-corrected chi connectivity index (χ2v) is 8.83. The average Bonchev–Trinajstić information content (AvgIpc) is 2.68. The van der Waals surface area contributed by atoms with Crippen LogP contribution in [0.4, 0.5) is 0 Å². The van der Waals surface area contributed by atoms with Crippen molar-refractivity contribution in [2.45, 2.75) is 77.4 Å². The minimum absolute atomic E-state index is 0.343. The summed E-state index contributed by atoms with van der Waals surface area (Å²) in [6.45, 7) is 15.3. The SMILES string of the molecule is CC(C)OCCN1CCC(N2CCC(c3cnc(C(C)C)nc3)CC2)CC1. The van der Waals surface area contributed by atoms with Crippen molar-refractivity contribution < 1.29 is 4.74 Å². The van der Waals surface area contributed by atoms with Crippen molar-refractivity contribution in [2.24, 2.45) is 0 Å². The molecule has 152 valence electrons. The summed E-state index contributed by atoms with van der Waals surface area (Å²) < 4.78 is 5.70. The molecule has 1 aromatic rings. The Morgan fingerprint density at radius 1 is 0.963 bits per heavy atom. The van der Waals surface area contributed by atoms with E-state index >= 15 is 0 Å². The number of ether oxygens (including phenoxy) is 1. The first-order valence-electron chi connectivity index (χ1n) is 10.9. The number of piperidine rings is 2. The molecule has 0 spiro atoms. The lowest BCUT2D eigenvalue weighted by atomic mass is 9.89. The normalized spacial score (nSPS) is 21.4. The molecule has 3 heterocycles. The van der Waals surface area contributed by atoms with E-state index < -0.39 is 0 Å². The summed E-state index contributed by atoms with van der Waals surface area (Å²) in [4.78, 5) is 14.4. The second-order valence-electron chi connectivity index (χ2n) is 8.83. The van der Waals surface area contributed by atoms with E-state index in [1.807, 2.05) is 0 Å². The minimum Gasteiger partial charge on any atom is -0.377 e. The summed E-state index contributed by atoms with van der Waals surface area (Å²) in [5.74, 6) is 2.00. The highest BCUT2D eigenvalue weighted by Gasteiger charge is 2.28. The number of hydrogen-bond acceptors (Lipinski definition) is 5. The number of hydrogen-bond donors (Lipinski definition) is 0. The van der Waals surface area contributed by atoms with Gasteiger partial charge in [-0.3, -0.25) is 0 Å². The molecule has 2 fully saturated rings. The Morgan fingerprint density at radius 3 is 2.15 bits per heavy atom. The monoisotopic (exact) mass is 374 g/mol. The van der Waals surface area contributed by atoms with Crippen LogP contribution >= 0.6 is 0 Å². The predicted molar refractivity (Wildman–Crippen MR) is 110 cm³/mol. The van der Waals surface area contributed by atoms with E-state index in [0.29, 0.717) is 17.9 Å². The van der Waals surface area contributed by atoms with Gasteiger partial charge < -0.3 is 14.5 Å². The van der Waals surface area contributed by atoms with Crippen LogP contribution in [0.3, 0.4) is 0 Å². The zero-order chi connectivity index (χ0) is 19.2. The standard InChI is InChI=1S/C22H38N4O/c1-17(2)22-23-15-20(16-24-22)19-5-11-26(12-6-19)21-7-9-25(10-8-21)13-14-27-18(3)4/h15-19,21H,5-14H2,1-4H3. The van der Waals surface area contributed by atoms with E-state index in [9.17, 15) is 0 Å². The first-order chi connectivity index (χ1) is 13.0. The fraction of sp³-hybridized carbons (Fsp3) is 0.818. The molecular formula is C22H38N4O. The Hall–Kier alpha value is -1.04. The molecule has 0 aromatic carbocycles. The summed E-state index contributed by atoms with van der Waals surface area (Å²) in [7, 11) is 0. The first kappa shape index (κ1) is 20.7. The Balaban J connectivity index is 1.39. The Morgan fingerprint density at radius 2 is 1.59 bits per heavy atom. The maximum Gasteiger partial charge on any atom is 0.130 e. The van der Waals surface area contributed by atoms with Crippen LogP contribution in [0.1, 0.15) is 76.6 Å². The van der Waals surface area contributed by atoms with Crippen LogP contribution in [0.5, 0.6) is 0 Å². The lowest BCUT2D eigenvalue weighted by Gasteiger charge is -2.41. The molecule has 0 saturated carbocycles. The number of likely N-dealkylation sites (tertiary alicyclic amines) is 2. The molecule has 2 aliphatic rings. The zero-order valence-corrected chi connectivity index (χ0v) is 17.7. The van der Waals surface area contributed by atoms with Gasteiger partial charge in [-0.1, -0.05) is 13.8 Å². The van der Waals surface area contributed by atoms with Crippen LogP contribution < -0.4 is 0 Å². The third-order valence-electron chi connectivity index (χ3n) is 6.14. The van der Waals surface area contributed by atoms with Gasteiger partial charge >= 0.3 is 0 Å². The summed E-state index contributed by atoms with van der Waals surface area (Å²) in [5, 5.41) is 0. The van der Waals surface area contributed by atoms with Gasteiger partial charge in [0.25, 0.3) is 0 Å². The van der Waals surface area contributed by atoms with Crippen molar-refractivity contribution >= 4 is 0 Å². The van der Waals surface area contributed by atoms with Crippen LogP contribution in [-0.2, 0) is 4.74 Å². The highest BCUT2D eigenvalue weighted by Crippen LogP contribution is 2.30. The van der Waals surface area contributed by atoms with E-state index in [1.54, 1.807) is 0 Å². The molecule has 0 aliphatic carbocycles. The van der Waals surface area contributed by atoms with Gasteiger partial charge in [0.1, 0.15) is 5.82 Å². The summed E-state index contributed by atoms with van der Waals surface area (Å²) in [5.41, 5.74) is 1.33. The van der Waals surface area contributed by atoms with E-state index in [2.05, 4.69) is 59.9 Å². The van der Waals surface area contributed by atoms with Gasteiger partial charge in [0.15, 0.2) is 0 Å². The molecule has 5 heteroatoms. The van der Waals surface area contributed by atoms with E-state index in [1.165, 1.54) is 57.4 Å². The van der Waals surface area contributed by atoms with Crippen LogP contribution in [0.2, 0.25) is 0 Å². The lowest BCUT2D eigenvalue weighted by molar-refractivity contribution is 0.0397. The highest BCUT2D eigenvalue weighted by molar-refractivity contribution is 5.14. The topological polar surface area (TPSA) is 41.5 Å². The van der Waals surface area contributed by atoms with Gasteiger partial charge in [0, 0.05) is 30.9 Å². The molecule has 5 nitrogen and oxygen atoms in total. The summed E-state index contributed by atoms with van der Waals surface area (Å²) in [6, 6.07) is 0.771. The molecule has 0 N–H and O–H groups in total. The number of aromatic nitrogens is 2. The molecule has 2 saturated heterocycles. The van der Waals surface area contributed by atoms with Crippen molar-refractivity contribution in [3.05, 3.63) is 23.8 Å². The first-order valence-corrected chi connectivity index (χ1v) is 10.9. The van der Waals surface area contributed by atoms with Crippen molar-refractivity contribution in [1.29, 1.82) is 0 Å². The zero-order valence-electron chi connectivity index (χ0n) is 17.7. The smallest absolute Gasteiger partial charge is 0.130 e. The molecule has 0 bridgehead atoms. The molecule has 0 unspecified atom stereocenters. The molecular weight excluding hydrogens is 336 g/mol. The predicted octanol–water partition coefficient (Wildman–Crippen LogP) is 3.67. The highest BCUT2D eigenvalue weighted by atomic mass is 16.5. The molecule has 0 atom stereocenters. The van der Waals surface area contributed by atoms with Gasteiger partial charge in [-0.15, -0.1) is 0 Å². The van der Waals surface area contributed by atoms with Crippen LogP contribution in [0, 0.1) is 0 Å². The van der Waals surface area contributed by atoms with Crippen molar-refractivity contribution in [3.8, 4) is 0 Å². The van der Waals surface area contributed by atoms with Gasteiger partial charge in [-0.25, -0.2) is 9.97 Å². The third-order valence-corrected chi connectivity index (χ3v) is 6.14. The summed E-state index contributed by atoms with van der Waals surface area (Å²) in [6.07, 6.45) is 9.58. The molecule has 2 aliphatic heterocycles. The van der Waals surface area contributed by atoms with Crippen molar-refractivity contribution in [3.63, 3.8) is 0 Å². The van der Waals surface area contributed by atoms with Gasteiger partial charge in [0.2, 0.25) is 0 Å². The van der Waals surface area contributed by atoms with Crippen molar-refractivity contribution in [1.82, 2.24) is 19.8 Å². The number of nitrogens with zero attached hydrogens (tertiary/aromatic N) is 4. The van der Waals surface area contributed by atoms with E-state index in [4.69, 9.17) is 4.74 Å². The maximum absolute atomic E-state index is 5.70. The quantitative estimate of drug-likeness (QED) is 0.728. The van der Waals surface area contributed by atoms with Crippen LogP contribution in [0.25, 0.3) is 0 Å². The Kier molecular flexibility index (Phi) is 7.62. The van der Waals surface area contributed by atoms with E-state index in [-0.39, 0.29) is 0 Å². The van der Waals surface area contributed by atoms with Crippen molar-refractivity contribution in [2.75, 3.05) is 39.3 Å². The average molecular weight is 375 g/mol. The van der Waals surface area contributed by atoms with Gasteiger partial charge in [-0.05, 0) is 77.2 Å². The largest absolute Gasteiger partial charge is 0.377 e. The second kappa shape index (κ2) is 9.94. The van der Waals surface area contributed by atoms with Gasteiger partial charge in [-0.2, -0.15) is 0 Å². The molecule has 3 rings (SSSR count). The molecule has 0 radical (unpaired) electrons. The molecule has 0 amide bonds. The summed E-state index contributed by atoms with van der Waals surface area (Å²) >= 11 is 0. The minimum atomic E-state index is 0.343. The van der Waals surface area contributed by atoms with Crippen LogP contribution in [0.15, 0.2) is 12.4 Å². The third kappa shape index (κ3) is 5.97. The Labute approximate surface area is 165 Å². The van der Waals surface area contributed by atoms with E-state index in [0.717, 1.165) is 25.0 Å². The fourth-order valence-electron chi connectivity index (χ4n) is 4.38. The number of rotatable bonds is 7. The Bertz CT molecular complexity index is 544. The fourth-order valence-corrected chi connectivity index (χ4v) is 4.38. The van der Waals surface area contributed by atoms with Crippen LogP contribution in [-0.4, -0.2) is 71.2 Å². The molecule has 1 aromatic heterocycles. The molecule has 27 heavy (non-hydrogen) atoms.